The van der Waals surface area contributed by atoms with Crippen LogP contribution in [-0.4, -0.2) is 24.2 Å². The second-order valence-corrected chi connectivity index (χ2v) is 3.84. The predicted molar refractivity (Wildman–Crippen MR) is 49.7 cm³/mol. The molecule has 0 atom stereocenters. The van der Waals surface area contributed by atoms with Crippen molar-refractivity contribution in [2.75, 3.05) is 7.11 Å². The van der Waals surface area contributed by atoms with E-state index in [4.69, 9.17) is 5.11 Å². The number of hydrogen-bond acceptors (Lipinski definition) is 3. The molecule has 14 heavy (non-hydrogen) atoms. The Kier molecular flexibility index (Phi) is 3.92. The zero-order valence-corrected chi connectivity index (χ0v) is 8.36. The number of carboxylic acid groups (broad SMARTS) is 1. The monoisotopic (exact) mass is 200 g/mol. The topological polar surface area (TPSA) is 63.6 Å². The van der Waals surface area contributed by atoms with Crippen LogP contribution in [0.1, 0.15) is 32.1 Å². The summed E-state index contributed by atoms with van der Waals surface area (Å²) >= 11 is 0. The van der Waals surface area contributed by atoms with E-state index in [1.807, 2.05) is 0 Å². The third-order valence-electron chi connectivity index (χ3n) is 2.84. The Morgan fingerprint density at radius 1 is 1.29 bits per heavy atom. The highest BCUT2D eigenvalue weighted by Crippen LogP contribution is 2.31. The van der Waals surface area contributed by atoms with Crippen molar-refractivity contribution in [2.24, 2.45) is 11.8 Å². The fourth-order valence-electron chi connectivity index (χ4n) is 2.02. The van der Waals surface area contributed by atoms with E-state index in [-0.39, 0.29) is 24.2 Å². The van der Waals surface area contributed by atoms with Gasteiger partial charge in [-0.3, -0.25) is 9.59 Å². The fraction of sp³-hybridized carbons (Fsp3) is 0.800. The average molecular weight is 200 g/mol. The number of carbonyl (C=O) groups is 2. The van der Waals surface area contributed by atoms with Crippen LogP contribution in [0.5, 0.6) is 0 Å². The highest BCUT2D eigenvalue weighted by Gasteiger charge is 2.27. The molecule has 0 amide bonds. The Morgan fingerprint density at radius 2 is 1.86 bits per heavy atom. The minimum absolute atomic E-state index is 0.00922. The summed E-state index contributed by atoms with van der Waals surface area (Å²) in [5.41, 5.74) is 0. The van der Waals surface area contributed by atoms with Gasteiger partial charge in [0.2, 0.25) is 0 Å². The van der Waals surface area contributed by atoms with Crippen molar-refractivity contribution in [2.45, 2.75) is 32.1 Å². The van der Waals surface area contributed by atoms with Gasteiger partial charge in [0, 0.05) is 6.42 Å². The van der Waals surface area contributed by atoms with Gasteiger partial charge in [-0.25, -0.2) is 0 Å². The molecule has 1 aliphatic rings. The minimum atomic E-state index is -0.744. The molecule has 1 N–H and O–H groups in total. The molecular weight excluding hydrogens is 184 g/mol. The lowest BCUT2D eigenvalue weighted by atomic mass is 9.80. The van der Waals surface area contributed by atoms with Crippen LogP contribution < -0.4 is 0 Å². The number of carboxylic acids is 1. The number of rotatable bonds is 3. The number of carbonyl (C=O) groups excluding carboxylic acids is 1. The molecule has 4 nitrogen and oxygen atoms in total. The summed E-state index contributed by atoms with van der Waals surface area (Å²) in [4.78, 5) is 21.6. The maximum Gasteiger partial charge on any atom is 0.308 e. The molecule has 0 radical (unpaired) electrons. The van der Waals surface area contributed by atoms with Crippen LogP contribution in [-0.2, 0) is 14.3 Å². The van der Waals surface area contributed by atoms with Gasteiger partial charge in [-0.05, 0) is 31.6 Å². The van der Waals surface area contributed by atoms with E-state index in [1.54, 1.807) is 0 Å². The minimum Gasteiger partial charge on any atom is -0.481 e. The number of aliphatic carboxylic acids is 1. The molecule has 0 aliphatic heterocycles. The first-order valence-electron chi connectivity index (χ1n) is 4.93. The highest BCUT2D eigenvalue weighted by atomic mass is 16.5. The normalized spacial score (nSPS) is 26.9. The van der Waals surface area contributed by atoms with Crippen LogP contribution in [0.2, 0.25) is 0 Å². The number of esters is 1. The smallest absolute Gasteiger partial charge is 0.308 e. The lowest BCUT2D eigenvalue weighted by molar-refractivity contribution is -0.146. The lowest BCUT2D eigenvalue weighted by Gasteiger charge is -2.25. The van der Waals surface area contributed by atoms with Crippen molar-refractivity contribution < 1.29 is 19.4 Å². The van der Waals surface area contributed by atoms with E-state index >= 15 is 0 Å². The van der Waals surface area contributed by atoms with E-state index < -0.39 is 5.97 Å². The molecule has 1 aliphatic carbocycles. The van der Waals surface area contributed by atoms with Gasteiger partial charge >= 0.3 is 11.9 Å². The molecule has 0 aromatic rings. The largest absolute Gasteiger partial charge is 0.481 e. The Bertz CT molecular complexity index is 216. The number of hydrogen-bond donors (Lipinski definition) is 1. The van der Waals surface area contributed by atoms with Crippen molar-refractivity contribution >= 4 is 11.9 Å². The average Bonchev–Trinajstić information content (AvgIpc) is 2.17. The Labute approximate surface area is 83.2 Å². The first-order valence-corrected chi connectivity index (χ1v) is 4.93. The predicted octanol–water partition coefficient (Wildman–Crippen LogP) is 1.44. The Hall–Kier alpha value is -1.06. The van der Waals surface area contributed by atoms with Gasteiger partial charge in [0.15, 0.2) is 0 Å². The zero-order chi connectivity index (χ0) is 10.6. The molecular formula is C10H16O4. The molecule has 80 valence electrons. The molecule has 4 heteroatoms. The van der Waals surface area contributed by atoms with E-state index in [0.717, 1.165) is 25.7 Å². The van der Waals surface area contributed by atoms with Gasteiger partial charge in [-0.2, -0.15) is 0 Å². The summed E-state index contributed by atoms with van der Waals surface area (Å²) in [6.07, 6.45) is 3.42. The van der Waals surface area contributed by atoms with Gasteiger partial charge in [0.05, 0.1) is 13.0 Å². The van der Waals surface area contributed by atoms with Gasteiger partial charge in [0.25, 0.3) is 0 Å². The summed E-state index contributed by atoms with van der Waals surface area (Å²) in [6.45, 7) is 0. The second-order valence-electron chi connectivity index (χ2n) is 3.84. The van der Waals surface area contributed by atoms with Crippen molar-refractivity contribution in [1.29, 1.82) is 0 Å². The molecule has 1 fully saturated rings. The number of methoxy groups -OCH3 is 1. The van der Waals surface area contributed by atoms with E-state index in [9.17, 15) is 9.59 Å². The highest BCUT2D eigenvalue weighted by molar-refractivity contribution is 5.72. The Balaban J connectivity index is 2.31. The van der Waals surface area contributed by atoms with Crippen molar-refractivity contribution in [3.63, 3.8) is 0 Å². The molecule has 0 heterocycles. The van der Waals surface area contributed by atoms with Crippen LogP contribution in [0, 0.1) is 11.8 Å². The third-order valence-corrected chi connectivity index (χ3v) is 2.84. The second kappa shape index (κ2) is 4.98. The van der Waals surface area contributed by atoms with Crippen LogP contribution in [0.15, 0.2) is 0 Å². The summed E-state index contributed by atoms with van der Waals surface area (Å²) in [7, 11) is 1.39. The Morgan fingerprint density at radius 3 is 2.29 bits per heavy atom. The summed E-state index contributed by atoms with van der Waals surface area (Å²) in [6, 6.07) is 0. The van der Waals surface area contributed by atoms with E-state index in [2.05, 4.69) is 4.74 Å². The van der Waals surface area contributed by atoms with E-state index in [0.29, 0.717) is 0 Å². The molecule has 1 saturated carbocycles. The first-order chi connectivity index (χ1) is 6.63. The molecule has 0 aromatic heterocycles. The van der Waals surface area contributed by atoms with Gasteiger partial charge < -0.3 is 9.84 Å². The molecule has 0 unspecified atom stereocenters. The standard InChI is InChI=1S/C10H16O4/c1-14-10(13)8-4-2-7(3-5-8)6-9(11)12/h7-8H,2-6H2,1H3,(H,11,12). The quantitative estimate of drug-likeness (QED) is 0.700. The lowest BCUT2D eigenvalue weighted by Crippen LogP contribution is -2.23. The van der Waals surface area contributed by atoms with Crippen LogP contribution in [0.25, 0.3) is 0 Å². The van der Waals surface area contributed by atoms with Gasteiger partial charge in [-0.1, -0.05) is 0 Å². The van der Waals surface area contributed by atoms with Gasteiger partial charge in [0.1, 0.15) is 0 Å². The maximum absolute atomic E-state index is 11.2. The van der Waals surface area contributed by atoms with Crippen LogP contribution >= 0.6 is 0 Å². The SMILES string of the molecule is COC(=O)C1CCC(CC(=O)O)CC1. The van der Waals surface area contributed by atoms with Crippen LogP contribution in [0.3, 0.4) is 0 Å². The van der Waals surface area contributed by atoms with Crippen molar-refractivity contribution in [1.82, 2.24) is 0 Å². The molecule has 0 spiro atoms. The van der Waals surface area contributed by atoms with Crippen LogP contribution in [0.4, 0.5) is 0 Å². The first kappa shape index (κ1) is 11.0. The zero-order valence-electron chi connectivity index (χ0n) is 8.36. The van der Waals surface area contributed by atoms with Crippen molar-refractivity contribution in [3.05, 3.63) is 0 Å². The summed E-state index contributed by atoms with van der Waals surface area (Å²) in [5.74, 6) is -0.663. The molecule has 0 aromatic carbocycles. The van der Waals surface area contributed by atoms with Crippen molar-refractivity contribution in [3.8, 4) is 0 Å². The number of ether oxygens (including phenoxy) is 1. The summed E-state index contributed by atoms with van der Waals surface area (Å²) in [5, 5.41) is 8.60. The fourth-order valence-corrected chi connectivity index (χ4v) is 2.02. The molecule has 0 saturated heterocycles. The molecule has 1 rings (SSSR count). The van der Waals surface area contributed by atoms with E-state index in [1.165, 1.54) is 7.11 Å². The maximum atomic E-state index is 11.2. The third kappa shape index (κ3) is 3.01. The molecule has 0 bridgehead atoms. The summed E-state index contributed by atoms with van der Waals surface area (Å²) < 4.78 is 4.65. The van der Waals surface area contributed by atoms with Gasteiger partial charge in [-0.15, -0.1) is 0 Å².